The Morgan fingerprint density at radius 1 is 0.964 bits per heavy atom. The predicted octanol–water partition coefficient (Wildman–Crippen LogP) is 7.44. The van der Waals surface area contributed by atoms with Crippen molar-refractivity contribution in [3.63, 3.8) is 0 Å². The fraction of sp³-hybridized carbons (Fsp3) is 0.457. The number of esters is 1. The molecule has 0 aromatic carbocycles. The van der Waals surface area contributed by atoms with E-state index in [0.29, 0.717) is 45.9 Å². The first kappa shape index (κ1) is 42.9. The molecule has 3 aliphatic rings. The van der Waals surface area contributed by atoms with Crippen LogP contribution in [0.4, 0.5) is 0 Å². The van der Waals surface area contributed by atoms with E-state index in [4.69, 9.17) is 25.0 Å². The molecule has 0 spiro atoms. The van der Waals surface area contributed by atoms with Crippen molar-refractivity contribution in [3.05, 3.63) is 102 Å². The Kier molecular flexibility index (Phi) is 13.7. The third-order valence-electron chi connectivity index (χ3n) is 11.9. The molecule has 1 saturated heterocycles. The zero-order valence-corrected chi connectivity index (χ0v) is 35.8. The van der Waals surface area contributed by atoms with Gasteiger partial charge in [0.1, 0.15) is 12.5 Å². The molecule has 2 aliphatic heterocycles. The summed E-state index contributed by atoms with van der Waals surface area (Å²) < 4.78 is 5.67. The van der Waals surface area contributed by atoms with Crippen molar-refractivity contribution in [2.45, 2.75) is 107 Å². The first-order chi connectivity index (χ1) is 26.3. The number of Topliss-reactive ketones (excluding diaryl/α,β-unsaturated/α-hetero) is 1. The molecule has 1 fully saturated rings. The van der Waals surface area contributed by atoms with Crippen LogP contribution >= 0.6 is 0 Å². The summed E-state index contributed by atoms with van der Waals surface area (Å²) in [6.45, 7) is 20.9. The number of carbonyl (C=O) groups is 3. The Bertz CT molecular complexity index is 2260. The van der Waals surface area contributed by atoms with Gasteiger partial charge >= 0.3 is 35.0 Å². The number of fused-ring (bicyclic) bond motifs is 7. The second-order valence-electron chi connectivity index (χ2n) is 15.7. The maximum absolute atomic E-state index is 14.0. The summed E-state index contributed by atoms with van der Waals surface area (Å²) >= 11 is 0. The molecule has 0 amide bonds. The summed E-state index contributed by atoms with van der Waals surface area (Å²) in [5.74, 6) is -3.41. The molecule has 8 bridgehead atoms. The number of carbonyl (C=O) groups excluding carboxylic acids is 2. The van der Waals surface area contributed by atoms with E-state index in [9.17, 15) is 19.5 Å². The van der Waals surface area contributed by atoms with Crippen LogP contribution in [0.2, 0.25) is 0 Å². The number of aromatic nitrogens is 3. The van der Waals surface area contributed by atoms with Crippen LogP contribution in [0.15, 0.2) is 29.6 Å². The van der Waals surface area contributed by atoms with Gasteiger partial charge in [-0.2, -0.15) is 11.4 Å². The summed E-state index contributed by atoms with van der Waals surface area (Å²) in [6.07, 6.45) is 16.6. The molecule has 9 nitrogen and oxygen atoms in total. The maximum Gasteiger partial charge on any atom is 2.00 e. The van der Waals surface area contributed by atoms with Crippen LogP contribution in [0, 0.1) is 44.4 Å². The second kappa shape index (κ2) is 17.9. The van der Waals surface area contributed by atoms with Crippen LogP contribution in [-0.4, -0.2) is 52.5 Å². The van der Waals surface area contributed by atoms with Gasteiger partial charge in [0, 0.05) is 12.0 Å². The number of carboxylic acid groups (broad SMARTS) is 1. The quantitative estimate of drug-likeness (QED) is 0.0774. The Balaban J connectivity index is 0.00000600. The SMILES string of the molecule is C=Cc1c2[n-]c(c1C)/C=C1\[N-]/C(=C3\c4[n-]c(c(C)c4C(=O)[C@@H]3C(=O)O)/C=c3\[n-]/c(c(C)c3CC)=C\2)[C@@H](CCC(=O)OC/C=C(\C)CCC[C@H](C)CCC)[C@@H]1C.[Mg+2]. The Morgan fingerprint density at radius 2 is 1.68 bits per heavy atom. The summed E-state index contributed by atoms with van der Waals surface area (Å²) in [5, 5.41) is 17.2. The monoisotopic (exact) mass is 766 g/mol. The summed E-state index contributed by atoms with van der Waals surface area (Å²) in [7, 11) is 0. The van der Waals surface area contributed by atoms with Crippen LogP contribution in [0.1, 0.15) is 141 Å². The number of rotatable bonds is 14. The van der Waals surface area contributed by atoms with E-state index in [0.717, 1.165) is 69.5 Å². The molecule has 56 heavy (non-hydrogen) atoms. The Labute approximate surface area is 347 Å². The van der Waals surface area contributed by atoms with Crippen LogP contribution in [0.25, 0.3) is 35.2 Å². The van der Waals surface area contributed by atoms with Gasteiger partial charge in [0.2, 0.25) is 0 Å². The number of aliphatic carboxylic acids is 1. The maximum atomic E-state index is 14.0. The summed E-state index contributed by atoms with van der Waals surface area (Å²) in [6, 6.07) is 0. The van der Waals surface area contributed by atoms with Crippen LogP contribution in [-0.2, 0) is 20.7 Å². The van der Waals surface area contributed by atoms with Crippen molar-refractivity contribution in [2.75, 3.05) is 6.61 Å². The molecule has 0 saturated carbocycles. The van der Waals surface area contributed by atoms with Crippen molar-refractivity contribution in [1.29, 1.82) is 0 Å². The topological polar surface area (TPSA) is 137 Å². The number of nitrogens with zero attached hydrogens (tertiary/aromatic N) is 4. The molecule has 4 atom stereocenters. The zero-order chi connectivity index (χ0) is 39.7. The van der Waals surface area contributed by atoms with Gasteiger partial charge in [-0.25, -0.2) is 0 Å². The van der Waals surface area contributed by atoms with Gasteiger partial charge in [-0.15, -0.1) is 33.5 Å². The largest absolute Gasteiger partial charge is 2.00 e. The molecular formula is C46H54MgN4O5-2. The van der Waals surface area contributed by atoms with Gasteiger partial charge in [0.25, 0.3) is 0 Å². The smallest absolute Gasteiger partial charge is 0.664 e. The zero-order valence-electron chi connectivity index (χ0n) is 34.3. The Morgan fingerprint density at radius 3 is 2.36 bits per heavy atom. The first-order valence-electron chi connectivity index (χ1n) is 19.9. The van der Waals surface area contributed by atoms with E-state index in [1.165, 1.54) is 24.8 Å². The van der Waals surface area contributed by atoms with Crippen LogP contribution < -0.4 is 25.7 Å². The van der Waals surface area contributed by atoms with E-state index in [-0.39, 0.29) is 53.9 Å². The van der Waals surface area contributed by atoms with Crippen LogP contribution in [0.5, 0.6) is 0 Å². The van der Waals surface area contributed by atoms with Crippen molar-refractivity contribution in [1.82, 2.24) is 15.0 Å². The van der Waals surface area contributed by atoms with Gasteiger partial charge in [-0.1, -0.05) is 111 Å². The number of allylic oxidation sites excluding steroid dienone is 3. The minimum atomic E-state index is -1.45. The summed E-state index contributed by atoms with van der Waals surface area (Å²) in [5.41, 5.74) is 9.96. The fourth-order valence-electron chi connectivity index (χ4n) is 8.63. The number of hydrogen-bond donors (Lipinski definition) is 1. The van der Waals surface area contributed by atoms with Crippen molar-refractivity contribution >= 4 is 70.7 Å². The molecule has 6 rings (SSSR count). The van der Waals surface area contributed by atoms with Gasteiger partial charge in [0.05, 0.1) is 0 Å². The minimum absolute atomic E-state index is 0. The van der Waals surface area contributed by atoms with Gasteiger partial charge in [-0.05, 0) is 82.8 Å². The molecule has 10 heteroatoms. The molecule has 3 aromatic rings. The molecule has 0 radical (unpaired) electrons. The molecule has 1 aliphatic carbocycles. The third kappa shape index (κ3) is 8.23. The second-order valence-corrected chi connectivity index (χ2v) is 15.7. The number of ether oxygens (including phenoxy) is 1. The average Bonchev–Trinajstić information content (AvgIpc) is 3.88. The van der Waals surface area contributed by atoms with Gasteiger partial charge < -0.3 is 30.1 Å². The van der Waals surface area contributed by atoms with E-state index in [1.54, 1.807) is 6.08 Å². The first-order valence-corrected chi connectivity index (χ1v) is 19.9. The van der Waals surface area contributed by atoms with Crippen LogP contribution in [0.3, 0.4) is 0 Å². The minimum Gasteiger partial charge on any atom is -0.664 e. The third-order valence-corrected chi connectivity index (χ3v) is 11.9. The number of ketones is 1. The molecule has 1 N–H and O–H groups in total. The van der Waals surface area contributed by atoms with Gasteiger partial charge in [-0.3, -0.25) is 14.4 Å². The molecule has 3 aromatic heterocycles. The molecule has 292 valence electrons. The molecular weight excluding hydrogens is 713 g/mol. The standard InChI is InChI=1S/C46H56N4O5.Mg/c1-10-14-24(4)15-13-16-25(5)19-20-55-39(51)18-17-32-28(8)35-21-33-26(6)30(11-2)37(47-33)22-34-27(7)31(12-3)38(48-34)23-36-29(9)40-44(50-36)41(43(32)49-35)42(45(40)52)46(53)54;/h11,19,21-24,28,32,42H,2,10,12-18,20H2,1,3-9H3,(H3,49,50,52,53,54);/q-2;+2/p-2/b25-19+,34-22-,35-21-,38-23-;/t24-,28+,32+,42-;/m1./s1. The number of carboxylic acids is 1. The average molecular weight is 767 g/mol. The van der Waals surface area contributed by atoms with Crippen molar-refractivity contribution in [3.8, 4) is 0 Å². The normalized spacial score (nSPS) is 22.6. The van der Waals surface area contributed by atoms with Gasteiger partial charge in [0.15, 0.2) is 5.78 Å². The van der Waals surface area contributed by atoms with Crippen molar-refractivity contribution < 1.29 is 24.2 Å². The van der Waals surface area contributed by atoms with Crippen molar-refractivity contribution in [2.24, 2.45) is 23.7 Å². The van der Waals surface area contributed by atoms with E-state index >= 15 is 0 Å². The predicted molar refractivity (Wildman–Crippen MR) is 223 cm³/mol. The number of hydrogen-bond acceptors (Lipinski definition) is 4. The fourth-order valence-corrected chi connectivity index (χ4v) is 8.63. The van der Waals surface area contributed by atoms with E-state index in [2.05, 4.69) is 34.3 Å². The Hall–Kier alpha value is -4.28. The van der Waals surface area contributed by atoms with E-state index in [1.807, 2.05) is 52.0 Å². The summed E-state index contributed by atoms with van der Waals surface area (Å²) in [4.78, 5) is 55.2. The molecule has 5 heterocycles. The molecule has 0 unspecified atom stereocenters. The van der Waals surface area contributed by atoms with E-state index < -0.39 is 17.7 Å².